The molecule has 0 aromatic rings. The molecule has 0 unspecified atom stereocenters. The van der Waals surface area contributed by atoms with E-state index in [9.17, 15) is 14.4 Å². The van der Waals surface area contributed by atoms with Gasteiger partial charge in [-0.05, 0) is 0 Å². The molecule has 0 bridgehead atoms. The van der Waals surface area contributed by atoms with E-state index < -0.39 is 44.2 Å². The summed E-state index contributed by atoms with van der Waals surface area (Å²) in [6.45, 7) is 0. The Morgan fingerprint density at radius 2 is 1.05 bits per heavy atom. The Morgan fingerprint density at radius 3 is 1.14 bits per heavy atom. The first-order valence-corrected chi connectivity index (χ1v) is 5.36. The van der Waals surface area contributed by atoms with Gasteiger partial charge in [0.15, 0.2) is 5.60 Å². The van der Waals surface area contributed by atoms with Crippen LogP contribution in [0.3, 0.4) is 0 Å². The molecule has 0 aromatic carbocycles. The number of aliphatic hydroxyl groups is 1. The average Bonchev–Trinajstić information content (AvgIpc) is 1.95. The van der Waals surface area contributed by atoms with E-state index in [1.165, 1.54) is 0 Å². The molecule has 0 amide bonds. The zero-order chi connectivity index (χ0) is 15.1. The molecule has 0 saturated carbocycles. The summed E-state index contributed by atoms with van der Waals surface area (Å²) in [5, 5.41) is 33.8. The summed E-state index contributed by atoms with van der Waals surface area (Å²) in [4.78, 5) is 56.1. The van der Waals surface area contributed by atoms with E-state index in [-0.39, 0.29) is 88.7 Å². The summed E-state index contributed by atoms with van der Waals surface area (Å²) < 4.78 is 8.55. The van der Waals surface area contributed by atoms with Crippen molar-refractivity contribution < 1.29 is 143 Å². The van der Waals surface area contributed by atoms with Crippen LogP contribution in [0.5, 0.6) is 0 Å². The van der Waals surface area contributed by atoms with Crippen molar-refractivity contribution in [2.45, 2.75) is 18.4 Å². The van der Waals surface area contributed by atoms with Crippen LogP contribution < -0.4 is 103 Å². The van der Waals surface area contributed by atoms with Gasteiger partial charge in [-0.3, -0.25) is 9.59 Å². The van der Waals surface area contributed by atoms with Crippen LogP contribution in [0.1, 0.15) is 12.8 Å². The molecule has 0 aliphatic heterocycles. The number of hydrogen-bond acceptors (Lipinski definition) is 8. The molecular formula is C6H8Na3O11P. The van der Waals surface area contributed by atoms with E-state index in [4.69, 9.17) is 39.7 Å². The normalized spacial score (nSPS) is 9.52. The zero-order valence-electron chi connectivity index (χ0n) is 11.5. The van der Waals surface area contributed by atoms with Crippen LogP contribution in [0.2, 0.25) is 0 Å². The molecule has 0 radical (unpaired) electrons. The molecule has 11 nitrogen and oxygen atoms in total. The monoisotopic (exact) mass is 356 g/mol. The second-order valence-corrected chi connectivity index (χ2v) is 3.82. The van der Waals surface area contributed by atoms with Crippen molar-refractivity contribution in [3.8, 4) is 0 Å². The Hall–Kier alpha value is 1.48. The van der Waals surface area contributed by atoms with Crippen molar-refractivity contribution >= 4 is 25.7 Å². The van der Waals surface area contributed by atoms with E-state index in [1.807, 2.05) is 0 Å². The van der Waals surface area contributed by atoms with Crippen molar-refractivity contribution in [1.82, 2.24) is 0 Å². The third-order valence-electron chi connectivity index (χ3n) is 1.29. The molecule has 0 aliphatic carbocycles. The fraction of sp³-hybridized carbons (Fsp3) is 0.500. The molecular weight excluding hydrogens is 348 g/mol. The molecule has 0 aliphatic rings. The van der Waals surface area contributed by atoms with Gasteiger partial charge in [-0.1, -0.05) is 0 Å². The molecule has 0 spiro atoms. The van der Waals surface area contributed by atoms with Crippen LogP contribution in [0, 0.1) is 0 Å². The van der Waals surface area contributed by atoms with Crippen LogP contribution in [-0.4, -0.2) is 43.9 Å². The summed E-state index contributed by atoms with van der Waals surface area (Å²) in [7, 11) is -5.39. The maximum Gasteiger partial charge on any atom is 1.00 e. The molecule has 106 valence electrons. The molecule has 15 heteroatoms. The first-order valence-electron chi connectivity index (χ1n) is 3.90. The predicted octanol–water partition coefficient (Wildman–Crippen LogP) is -13.1. The number of carbonyl (C=O) groups is 3. The molecule has 0 aromatic heterocycles. The maximum atomic E-state index is 10.3. The first kappa shape index (κ1) is 33.9. The van der Waals surface area contributed by atoms with Gasteiger partial charge in [0.25, 0.3) is 0 Å². The predicted molar refractivity (Wildman–Crippen MR) is 44.7 cm³/mol. The van der Waals surface area contributed by atoms with Crippen LogP contribution in [0.4, 0.5) is 0 Å². The Kier molecular flexibility index (Phi) is 24.3. The standard InChI is InChI=1S/C6H8O7.3Na.H3O4P/c7-3(8)1-6(13,5(11)12)2-4(9)10;;;;1-5(2,3)4/h13H,1-2H2,(H,7,8)(H,9,10)(H,11,12);;;;(H3,1,2,3,4)/q;3*+1;/p-3. The summed E-state index contributed by atoms with van der Waals surface area (Å²) in [5.41, 5.74) is -2.74. The average molecular weight is 356 g/mol. The fourth-order valence-corrected chi connectivity index (χ4v) is 0.714. The smallest absolute Gasteiger partial charge is 0.822 e. The SMILES string of the molecule is O=C(O)CC(O)(CC(=O)O)C(=O)O.O=P([O-])([O-])[O-].[Na+].[Na+].[Na+]. The van der Waals surface area contributed by atoms with Gasteiger partial charge in [-0.25, -0.2) is 4.79 Å². The van der Waals surface area contributed by atoms with Crippen molar-refractivity contribution in [1.29, 1.82) is 0 Å². The molecule has 0 heterocycles. The number of phosphoric acid groups is 1. The molecule has 4 N–H and O–H groups in total. The van der Waals surface area contributed by atoms with E-state index in [0.717, 1.165) is 0 Å². The number of hydrogen-bond donors (Lipinski definition) is 4. The number of rotatable bonds is 5. The minimum absolute atomic E-state index is 0. The summed E-state index contributed by atoms with van der Waals surface area (Å²) in [6.07, 6.45) is -2.29. The molecule has 21 heavy (non-hydrogen) atoms. The van der Waals surface area contributed by atoms with Crippen LogP contribution in [0.15, 0.2) is 0 Å². The quantitative estimate of drug-likeness (QED) is 0.267. The van der Waals surface area contributed by atoms with Crippen LogP contribution in [0.25, 0.3) is 0 Å². The summed E-state index contributed by atoms with van der Waals surface area (Å²) >= 11 is 0. The Bertz CT molecular complexity index is 356. The minimum Gasteiger partial charge on any atom is -0.822 e. The van der Waals surface area contributed by atoms with Crippen molar-refractivity contribution in [2.75, 3.05) is 0 Å². The largest absolute Gasteiger partial charge is 1.00 e. The Morgan fingerprint density at radius 1 is 0.857 bits per heavy atom. The van der Waals surface area contributed by atoms with Gasteiger partial charge in [0.1, 0.15) is 0 Å². The fourth-order valence-electron chi connectivity index (χ4n) is 0.714. The van der Waals surface area contributed by atoms with Gasteiger partial charge < -0.3 is 39.7 Å². The second kappa shape index (κ2) is 15.0. The maximum absolute atomic E-state index is 10.3. The minimum atomic E-state index is -5.39. The van der Waals surface area contributed by atoms with Crippen molar-refractivity contribution in [3.63, 3.8) is 0 Å². The van der Waals surface area contributed by atoms with Crippen molar-refractivity contribution in [2.24, 2.45) is 0 Å². The van der Waals surface area contributed by atoms with E-state index in [0.29, 0.717) is 0 Å². The Balaban J connectivity index is -0.0000000933. The van der Waals surface area contributed by atoms with Gasteiger partial charge in [0.2, 0.25) is 0 Å². The van der Waals surface area contributed by atoms with Crippen molar-refractivity contribution in [3.05, 3.63) is 0 Å². The number of carboxylic acid groups (broad SMARTS) is 3. The van der Waals surface area contributed by atoms with Gasteiger partial charge in [0.05, 0.1) is 12.8 Å². The molecule has 0 saturated heterocycles. The van der Waals surface area contributed by atoms with Gasteiger partial charge >= 0.3 is 107 Å². The summed E-state index contributed by atoms with van der Waals surface area (Å²) in [5.74, 6) is -5.02. The second-order valence-electron chi connectivity index (χ2n) is 2.92. The molecule has 0 atom stereocenters. The van der Waals surface area contributed by atoms with Gasteiger partial charge in [0, 0.05) is 0 Å². The zero-order valence-corrected chi connectivity index (χ0v) is 18.4. The van der Waals surface area contributed by atoms with Gasteiger partial charge in [-0.2, -0.15) is 7.82 Å². The van der Waals surface area contributed by atoms with Crippen LogP contribution in [-0.2, 0) is 18.9 Å². The van der Waals surface area contributed by atoms with E-state index in [1.54, 1.807) is 0 Å². The Labute approximate surface area is 184 Å². The first-order chi connectivity index (χ1) is 7.78. The topological polar surface area (TPSA) is 218 Å². The third-order valence-corrected chi connectivity index (χ3v) is 1.29. The van der Waals surface area contributed by atoms with E-state index >= 15 is 0 Å². The molecule has 0 rings (SSSR count). The van der Waals surface area contributed by atoms with Gasteiger partial charge in [-0.15, -0.1) is 0 Å². The van der Waals surface area contributed by atoms with E-state index in [2.05, 4.69) is 0 Å². The molecule has 0 fully saturated rings. The number of aliphatic carboxylic acids is 3. The van der Waals surface area contributed by atoms with Crippen LogP contribution >= 0.6 is 7.82 Å². The number of carboxylic acids is 3. The third kappa shape index (κ3) is 26.7. The summed E-state index contributed by atoms with van der Waals surface area (Å²) in [6, 6.07) is 0.